The number of hydrogen-bond acceptors (Lipinski definition) is 6. The minimum atomic E-state index is -3.68. The second kappa shape index (κ2) is 6.71. The van der Waals surface area contributed by atoms with Crippen LogP contribution in [0.5, 0.6) is 5.75 Å². The predicted molar refractivity (Wildman–Crippen MR) is 101 cm³/mol. The Balaban J connectivity index is 1.55. The molecule has 0 bridgehead atoms. The highest BCUT2D eigenvalue weighted by molar-refractivity contribution is 7.89. The van der Waals surface area contributed by atoms with Crippen LogP contribution in [0.1, 0.15) is 11.1 Å². The van der Waals surface area contributed by atoms with Gasteiger partial charge in [-0.2, -0.15) is 0 Å². The van der Waals surface area contributed by atoms with Crippen LogP contribution in [0.15, 0.2) is 58.1 Å². The van der Waals surface area contributed by atoms with E-state index in [0.717, 1.165) is 16.8 Å². The van der Waals surface area contributed by atoms with Crippen molar-refractivity contribution >= 4 is 15.7 Å². The zero-order valence-corrected chi connectivity index (χ0v) is 15.8. The van der Waals surface area contributed by atoms with Crippen molar-refractivity contribution in [1.29, 1.82) is 0 Å². The van der Waals surface area contributed by atoms with Crippen molar-refractivity contribution in [3.63, 3.8) is 0 Å². The highest BCUT2D eigenvalue weighted by atomic mass is 32.2. The second-order valence-electron chi connectivity index (χ2n) is 6.51. The molecule has 0 spiro atoms. The van der Waals surface area contributed by atoms with Crippen LogP contribution in [0, 0.1) is 0 Å². The molecule has 0 radical (unpaired) electrons. The van der Waals surface area contributed by atoms with Crippen molar-refractivity contribution in [3.05, 3.63) is 59.8 Å². The SMILES string of the molecule is CN(C)c1ccc(CNS(=O)(=O)c2ccc3c(c2)-c2oncc2CO3)cc1. The average molecular weight is 385 g/mol. The van der Waals surface area contributed by atoms with Crippen LogP contribution in [-0.4, -0.2) is 27.7 Å². The highest BCUT2D eigenvalue weighted by Gasteiger charge is 2.24. The van der Waals surface area contributed by atoms with Crippen molar-refractivity contribution in [3.8, 4) is 17.1 Å². The molecule has 0 aliphatic carbocycles. The van der Waals surface area contributed by atoms with E-state index in [1.807, 2.05) is 43.3 Å². The summed E-state index contributed by atoms with van der Waals surface area (Å²) in [7, 11) is 0.230. The molecule has 4 rings (SSSR count). The zero-order chi connectivity index (χ0) is 19.0. The van der Waals surface area contributed by atoms with Gasteiger partial charge in [-0.25, -0.2) is 13.1 Å². The van der Waals surface area contributed by atoms with Crippen molar-refractivity contribution in [1.82, 2.24) is 9.88 Å². The van der Waals surface area contributed by atoms with Crippen LogP contribution in [0.2, 0.25) is 0 Å². The fourth-order valence-electron chi connectivity index (χ4n) is 2.89. The Kier molecular flexibility index (Phi) is 4.37. The Morgan fingerprint density at radius 2 is 1.93 bits per heavy atom. The summed E-state index contributed by atoms with van der Waals surface area (Å²) in [5, 5.41) is 3.77. The van der Waals surface area contributed by atoms with Crippen LogP contribution in [0.4, 0.5) is 5.69 Å². The lowest BCUT2D eigenvalue weighted by molar-refractivity contribution is 0.297. The molecule has 0 saturated heterocycles. The minimum absolute atomic E-state index is 0.152. The Morgan fingerprint density at radius 3 is 2.67 bits per heavy atom. The molecule has 140 valence electrons. The summed E-state index contributed by atoms with van der Waals surface area (Å²) in [4.78, 5) is 2.14. The molecule has 1 aliphatic rings. The summed E-state index contributed by atoms with van der Waals surface area (Å²) in [5.74, 6) is 1.13. The van der Waals surface area contributed by atoms with E-state index in [9.17, 15) is 8.42 Å². The molecule has 0 saturated carbocycles. The first kappa shape index (κ1) is 17.6. The molecule has 27 heavy (non-hydrogen) atoms. The van der Waals surface area contributed by atoms with Crippen LogP contribution in [-0.2, 0) is 23.2 Å². The van der Waals surface area contributed by atoms with E-state index in [1.165, 1.54) is 6.07 Å². The third-order valence-corrected chi connectivity index (χ3v) is 5.85. The van der Waals surface area contributed by atoms with Crippen molar-refractivity contribution in [2.75, 3.05) is 19.0 Å². The van der Waals surface area contributed by atoms with Gasteiger partial charge in [-0.3, -0.25) is 0 Å². The number of ether oxygens (including phenoxy) is 1. The molecule has 2 aromatic carbocycles. The van der Waals surface area contributed by atoms with Gasteiger partial charge in [0, 0.05) is 26.3 Å². The lowest BCUT2D eigenvalue weighted by Crippen LogP contribution is -2.23. The molecule has 0 atom stereocenters. The average Bonchev–Trinajstić information content (AvgIpc) is 3.15. The summed E-state index contributed by atoms with van der Waals surface area (Å²) in [6, 6.07) is 12.4. The number of aromatic nitrogens is 1. The zero-order valence-electron chi connectivity index (χ0n) is 15.0. The van der Waals surface area contributed by atoms with E-state index in [-0.39, 0.29) is 11.4 Å². The maximum Gasteiger partial charge on any atom is 0.240 e. The Bertz CT molecular complexity index is 1070. The first-order valence-corrected chi connectivity index (χ1v) is 9.89. The summed E-state index contributed by atoms with van der Waals surface area (Å²) in [6.45, 7) is 0.566. The highest BCUT2D eigenvalue weighted by Crippen LogP contribution is 2.38. The van der Waals surface area contributed by atoms with E-state index in [0.29, 0.717) is 23.7 Å². The molecule has 7 nitrogen and oxygen atoms in total. The van der Waals surface area contributed by atoms with Crippen molar-refractivity contribution in [2.24, 2.45) is 0 Å². The molecular formula is C19H19N3O4S. The van der Waals surface area contributed by atoms with E-state index in [2.05, 4.69) is 9.88 Å². The van der Waals surface area contributed by atoms with Crippen LogP contribution >= 0.6 is 0 Å². The van der Waals surface area contributed by atoms with Gasteiger partial charge in [0.25, 0.3) is 0 Å². The van der Waals surface area contributed by atoms with Gasteiger partial charge in [0.1, 0.15) is 12.4 Å². The van der Waals surface area contributed by atoms with Crippen molar-refractivity contribution < 1.29 is 17.7 Å². The lowest BCUT2D eigenvalue weighted by Gasteiger charge is -2.17. The summed E-state index contributed by atoms with van der Waals surface area (Å²) < 4.78 is 38.9. The predicted octanol–water partition coefficient (Wildman–Crippen LogP) is 2.78. The molecule has 3 aromatic rings. The maximum absolute atomic E-state index is 12.7. The maximum atomic E-state index is 12.7. The first-order valence-electron chi connectivity index (χ1n) is 8.41. The van der Waals surface area contributed by atoms with Gasteiger partial charge in [0.2, 0.25) is 10.0 Å². The molecule has 8 heteroatoms. The van der Waals surface area contributed by atoms with Gasteiger partial charge in [-0.15, -0.1) is 0 Å². The minimum Gasteiger partial charge on any atom is -0.488 e. The van der Waals surface area contributed by atoms with E-state index in [1.54, 1.807) is 18.3 Å². The summed E-state index contributed by atoms with van der Waals surface area (Å²) in [5.41, 5.74) is 3.32. The number of benzene rings is 2. The molecule has 2 heterocycles. The van der Waals surface area contributed by atoms with Gasteiger partial charge < -0.3 is 14.2 Å². The largest absolute Gasteiger partial charge is 0.488 e. The van der Waals surface area contributed by atoms with Gasteiger partial charge in [-0.05, 0) is 35.9 Å². The molecule has 0 unspecified atom stereocenters. The molecule has 1 aromatic heterocycles. The molecule has 0 fully saturated rings. The fraction of sp³-hybridized carbons (Fsp3) is 0.211. The Hall–Kier alpha value is -2.84. The molecule has 1 N–H and O–H groups in total. The van der Waals surface area contributed by atoms with Gasteiger partial charge in [-0.1, -0.05) is 17.3 Å². The second-order valence-corrected chi connectivity index (χ2v) is 8.28. The van der Waals surface area contributed by atoms with E-state index >= 15 is 0 Å². The number of rotatable bonds is 5. The number of sulfonamides is 1. The Labute approximate surface area is 157 Å². The van der Waals surface area contributed by atoms with E-state index < -0.39 is 10.0 Å². The van der Waals surface area contributed by atoms with Crippen LogP contribution < -0.4 is 14.4 Å². The van der Waals surface area contributed by atoms with Crippen molar-refractivity contribution in [2.45, 2.75) is 18.0 Å². The number of anilines is 1. The number of nitrogens with one attached hydrogen (secondary N) is 1. The molecule has 1 aliphatic heterocycles. The number of nitrogens with zero attached hydrogens (tertiary/aromatic N) is 2. The normalized spacial score (nSPS) is 12.8. The van der Waals surface area contributed by atoms with E-state index in [4.69, 9.17) is 9.26 Å². The third kappa shape index (κ3) is 3.41. The lowest BCUT2D eigenvalue weighted by atomic mass is 10.1. The smallest absolute Gasteiger partial charge is 0.240 e. The van der Waals surface area contributed by atoms with Crippen LogP contribution in [0.25, 0.3) is 11.3 Å². The fourth-order valence-corrected chi connectivity index (χ4v) is 3.94. The van der Waals surface area contributed by atoms with Gasteiger partial charge in [0.05, 0.1) is 22.2 Å². The first-order chi connectivity index (χ1) is 12.9. The molecular weight excluding hydrogens is 366 g/mol. The molecule has 0 amide bonds. The number of fused-ring (bicyclic) bond motifs is 3. The van der Waals surface area contributed by atoms with Gasteiger partial charge >= 0.3 is 0 Å². The van der Waals surface area contributed by atoms with Gasteiger partial charge in [0.15, 0.2) is 5.76 Å². The monoisotopic (exact) mass is 385 g/mol. The summed E-state index contributed by atoms with van der Waals surface area (Å²) >= 11 is 0. The standard InChI is InChI=1S/C19H19N3O4S/c1-22(2)15-5-3-13(4-6-15)10-21-27(23,24)16-7-8-18-17(9-16)19-14(12-25-18)11-20-26-19/h3-9,11,21H,10,12H2,1-2H3. The third-order valence-electron chi connectivity index (χ3n) is 4.45. The Morgan fingerprint density at radius 1 is 1.15 bits per heavy atom. The summed E-state index contributed by atoms with van der Waals surface area (Å²) in [6.07, 6.45) is 1.58. The quantitative estimate of drug-likeness (QED) is 0.727. The number of hydrogen-bond donors (Lipinski definition) is 1. The van der Waals surface area contributed by atoms with Crippen LogP contribution in [0.3, 0.4) is 0 Å². The topological polar surface area (TPSA) is 84.7 Å².